The van der Waals surface area contributed by atoms with Crippen LogP contribution in [0, 0.1) is 0 Å². The first kappa shape index (κ1) is 24.0. The van der Waals surface area contributed by atoms with Gasteiger partial charge in [0.2, 0.25) is 5.95 Å². The first-order chi connectivity index (χ1) is 18.2. The summed E-state index contributed by atoms with van der Waals surface area (Å²) in [6, 6.07) is 19.6. The molecule has 1 aromatic heterocycles. The Labute approximate surface area is 224 Å². The maximum absolute atomic E-state index is 5.65. The Morgan fingerprint density at radius 3 is 2.00 bits per heavy atom. The molecule has 3 aromatic rings. The number of thiocarbonyl (C=S) groups is 1. The van der Waals surface area contributed by atoms with Gasteiger partial charge in [-0.05, 0) is 73.1 Å². The predicted octanol–water partition coefficient (Wildman–Crippen LogP) is 5.07. The number of rotatable bonds is 6. The highest BCUT2D eigenvalue weighted by atomic mass is 32.1. The highest BCUT2D eigenvalue weighted by molar-refractivity contribution is 7.80. The van der Waals surface area contributed by atoms with Crippen molar-refractivity contribution >= 4 is 40.6 Å². The van der Waals surface area contributed by atoms with E-state index in [0.29, 0.717) is 17.6 Å². The van der Waals surface area contributed by atoms with Crippen molar-refractivity contribution < 1.29 is 0 Å². The van der Waals surface area contributed by atoms with Gasteiger partial charge in [0.05, 0.1) is 0 Å². The molecule has 2 aromatic carbocycles. The number of aromatic nitrogens is 2. The van der Waals surface area contributed by atoms with Crippen LogP contribution in [0.5, 0.6) is 0 Å². The molecular weight excluding hydrogens is 478 g/mol. The van der Waals surface area contributed by atoms with Crippen LogP contribution in [0.2, 0.25) is 0 Å². The molecule has 0 bridgehead atoms. The van der Waals surface area contributed by atoms with Gasteiger partial charge >= 0.3 is 0 Å². The van der Waals surface area contributed by atoms with E-state index in [-0.39, 0.29) is 0 Å². The minimum Gasteiger partial charge on any atom is -0.372 e. The lowest BCUT2D eigenvalue weighted by Gasteiger charge is -2.29. The first-order valence-corrected chi connectivity index (χ1v) is 14.0. The minimum atomic E-state index is 0.537. The molecule has 3 aliphatic heterocycles. The van der Waals surface area contributed by atoms with Crippen molar-refractivity contribution in [2.24, 2.45) is 0 Å². The molecule has 0 saturated carbocycles. The summed E-state index contributed by atoms with van der Waals surface area (Å²) in [7, 11) is 0. The number of nitrogens with one attached hydrogen (secondary N) is 2. The second kappa shape index (κ2) is 10.9. The summed E-state index contributed by atoms with van der Waals surface area (Å²) in [5.41, 5.74) is 5.23. The van der Waals surface area contributed by atoms with E-state index in [1.807, 2.05) is 0 Å². The Balaban J connectivity index is 1.14. The van der Waals surface area contributed by atoms with E-state index in [2.05, 4.69) is 79.9 Å². The highest BCUT2D eigenvalue weighted by Gasteiger charge is 2.23. The van der Waals surface area contributed by atoms with Gasteiger partial charge in [-0.1, -0.05) is 36.4 Å². The SMILES string of the molecule is S=C(NCc1ccc(N2CCCC2)cc1)Nc1nc(N2CCCCC2)cc(N2Cc3ccccc3C2)n1. The third-order valence-electron chi connectivity index (χ3n) is 7.63. The number of piperidine rings is 1. The molecule has 192 valence electrons. The molecule has 2 fully saturated rings. The van der Waals surface area contributed by atoms with E-state index in [4.69, 9.17) is 22.2 Å². The molecule has 8 heteroatoms. The zero-order chi connectivity index (χ0) is 25.0. The quantitative estimate of drug-likeness (QED) is 0.443. The van der Waals surface area contributed by atoms with Gasteiger partial charge in [-0.3, -0.25) is 0 Å². The summed E-state index contributed by atoms with van der Waals surface area (Å²) in [6.45, 7) is 6.77. The fraction of sp³-hybridized carbons (Fsp3) is 0.414. The van der Waals surface area contributed by atoms with Crippen LogP contribution < -0.4 is 25.3 Å². The molecule has 4 heterocycles. The average molecular weight is 514 g/mol. The van der Waals surface area contributed by atoms with Crippen molar-refractivity contribution in [3.8, 4) is 0 Å². The van der Waals surface area contributed by atoms with Crippen molar-refractivity contribution in [1.29, 1.82) is 0 Å². The zero-order valence-electron chi connectivity index (χ0n) is 21.3. The molecule has 0 atom stereocenters. The van der Waals surface area contributed by atoms with Crippen molar-refractivity contribution in [3.63, 3.8) is 0 Å². The van der Waals surface area contributed by atoms with Gasteiger partial charge in [0, 0.05) is 57.6 Å². The molecule has 2 N–H and O–H groups in total. The van der Waals surface area contributed by atoms with Crippen LogP contribution in [0.1, 0.15) is 48.8 Å². The van der Waals surface area contributed by atoms with Crippen molar-refractivity contribution in [1.82, 2.24) is 15.3 Å². The van der Waals surface area contributed by atoms with Gasteiger partial charge in [0.25, 0.3) is 0 Å². The summed E-state index contributed by atoms with van der Waals surface area (Å²) < 4.78 is 0. The maximum Gasteiger partial charge on any atom is 0.232 e. The molecule has 37 heavy (non-hydrogen) atoms. The largest absolute Gasteiger partial charge is 0.372 e. The second-order valence-corrected chi connectivity index (χ2v) is 10.7. The number of hydrogen-bond acceptors (Lipinski definition) is 6. The molecule has 0 spiro atoms. The van der Waals surface area contributed by atoms with Gasteiger partial charge < -0.3 is 25.3 Å². The van der Waals surface area contributed by atoms with E-state index in [9.17, 15) is 0 Å². The van der Waals surface area contributed by atoms with Crippen LogP contribution in [0.15, 0.2) is 54.6 Å². The summed E-state index contributed by atoms with van der Waals surface area (Å²) in [6.07, 6.45) is 6.27. The third-order valence-corrected chi connectivity index (χ3v) is 7.88. The standard InChI is InChI=1S/C29H35N7S/c37-29(30-19-22-10-12-25(13-11-22)34-14-6-7-15-34)33-28-31-26(35-16-4-1-5-17-35)18-27(32-28)36-20-23-8-2-3-9-24(23)21-36/h2-3,8-13,18H,1,4-7,14-17,19-21H2,(H2,30,31,32,33,37). The Morgan fingerprint density at radius 1 is 0.730 bits per heavy atom. The zero-order valence-corrected chi connectivity index (χ0v) is 22.1. The Bertz CT molecular complexity index is 1210. The van der Waals surface area contributed by atoms with Gasteiger partial charge in [-0.2, -0.15) is 9.97 Å². The summed E-state index contributed by atoms with van der Waals surface area (Å²) in [5.74, 6) is 2.47. The van der Waals surface area contributed by atoms with E-state index < -0.39 is 0 Å². The summed E-state index contributed by atoms with van der Waals surface area (Å²) in [4.78, 5) is 16.9. The van der Waals surface area contributed by atoms with Gasteiger partial charge in [-0.25, -0.2) is 0 Å². The lowest BCUT2D eigenvalue weighted by atomic mass is 10.1. The fourth-order valence-corrected chi connectivity index (χ4v) is 5.71. The molecule has 0 unspecified atom stereocenters. The average Bonchev–Trinajstić information content (AvgIpc) is 3.63. The van der Waals surface area contributed by atoms with E-state index in [1.54, 1.807) is 0 Å². The lowest BCUT2D eigenvalue weighted by Crippen LogP contribution is -2.32. The van der Waals surface area contributed by atoms with Crippen LogP contribution in [0.3, 0.4) is 0 Å². The van der Waals surface area contributed by atoms with E-state index in [0.717, 1.165) is 50.9 Å². The van der Waals surface area contributed by atoms with Crippen LogP contribution in [0.4, 0.5) is 23.3 Å². The molecule has 6 rings (SSSR count). The number of fused-ring (bicyclic) bond motifs is 1. The topological polar surface area (TPSA) is 59.6 Å². The molecule has 0 aliphatic carbocycles. The molecule has 2 saturated heterocycles. The van der Waals surface area contributed by atoms with Crippen molar-refractivity contribution in [3.05, 3.63) is 71.3 Å². The normalized spacial score (nSPS) is 17.1. The van der Waals surface area contributed by atoms with E-state index >= 15 is 0 Å². The molecule has 0 amide bonds. The van der Waals surface area contributed by atoms with Crippen molar-refractivity contribution in [2.75, 3.05) is 46.2 Å². The monoisotopic (exact) mass is 513 g/mol. The summed E-state index contributed by atoms with van der Waals surface area (Å²) in [5, 5.41) is 7.14. The lowest BCUT2D eigenvalue weighted by molar-refractivity contribution is 0.573. The smallest absolute Gasteiger partial charge is 0.232 e. The maximum atomic E-state index is 5.65. The highest BCUT2D eigenvalue weighted by Crippen LogP contribution is 2.30. The summed E-state index contributed by atoms with van der Waals surface area (Å²) >= 11 is 5.65. The molecule has 7 nitrogen and oxygen atoms in total. The minimum absolute atomic E-state index is 0.537. The van der Waals surface area contributed by atoms with Crippen LogP contribution in [-0.2, 0) is 19.6 Å². The van der Waals surface area contributed by atoms with Crippen LogP contribution in [0.25, 0.3) is 0 Å². The number of nitrogens with zero attached hydrogens (tertiary/aromatic N) is 5. The molecule has 3 aliphatic rings. The second-order valence-electron chi connectivity index (χ2n) is 10.2. The Kier molecular flexibility index (Phi) is 7.08. The molecular formula is C29H35N7S. The fourth-order valence-electron chi connectivity index (χ4n) is 5.55. The van der Waals surface area contributed by atoms with Gasteiger partial charge in [0.15, 0.2) is 5.11 Å². The van der Waals surface area contributed by atoms with Crippen LogP contribution in [-0.4, -0.2) is 41.3 Å². The Hall–Kier alpha value is -3.39. The Morgan fingerprint density at radius 2 is 1.32 bits per heavy atom. The molecule has 0 radical (unpaired) electrons. The van der Waals surface area contributed by atoms with Gasteiger partial charge in [-0.15, -0.1) is 0 Å². The predicted molar refractivity (Wildman–Crippen MR) is 155 cm³/mol. The van der Waals surface area contributed by atoms with Crippen molar-refractivity contribution in [2.45, 2.75) is 51.7 Å². The van der Waals surface area contributed by atoms with Gasteiger partial charge in [0.1, 0.15) is 11.6 Å². The van der Waals surface area contributed by atoms with Crippen LogP contribution >= 0.6 is 12.2 Å². The number of hydrogen-bond donors (Lipinski definition) is 2. The third kappa shape index (κ3) is 5.64. The number of anilines is 4. The first-order valence-electron chi connectivity index (χ1n) is 13.6. The van der Waals surface area contributed by atoms with E-state index in [1.165, 1.54) is 54.5 Å². The number of benzene rings is 2.